The lowest BCUT2D eigenvalue weighted by atomic mass is 9.63. The highest BCUT2D eigenvalue weighted by Crippen LogP contribution is 2.50. The minimum absolute atomic E-state index is 0.0272. The van der Waals surface area contributed by atoms with E-state index in [0.29, 0.717) is 48.1 Å². The molecule has 192 valence electrons. The van der Waals surface area contributed by atoms with E-state index in [-0.39, 0.29) is 24.7 Å². The molecule has 3 saturated heterocycles. The van der Waals surface area contributed by atoms with Gasteiger partial charge in [-0.25, -0.2) is 4.39 Å². The molecule has 2 aromatic rings. The van der Waals surface area contributed by atoms with Crippen LogP contribution in [0, 0.1) is 17.2 Å². The van der Waals surface area contributed by atoms with Crippen LogP contribution >= 0.6 is 0 Å². The highest BCUT2D eigenvalue weighted by molar-refractivity contribution is 6.22. The van der Waals surface area contributed by atoms with Crippen LogP contribution in [-0.4, -0.2) is 67.3 Å². The van der Waals surface area contributed by atoms with E-state index in [1.807, 2.05) is 6.92 Å². The third-order valence-corrected chi connectivity index (χ3v) is 8.08. The van der Waals surface area contributed by atoms with Crippen molar-refractivity contribution >= 4 is 40.1 Å². The molecule has 0 aliphatic carbocycles. The van der Waals surface area contributed by atoms with Gasteiger partial charge in [-0.1, -0.05) is 5.16 Å². The van der Waals surface area contributed by atoms with Crippen LogP contribution in [0.1, 0.15) is 38.7 Å². The molecule has 1 unspecified atom stereocenters. The number of ketones is 1. The molecular formula is C25H29FN4O6. The van der Waals surface area contributed by atoms with Crippen molar-refractivity contribution in [1.29, 1.82) is 0 Å². The normalized spacial score (nSPS) is 30.9. The molecule has 1 spiro atoms. The van der Waals surface area contributed by atoms with Crippen molar-refractivity contribution in [3.05, 3.63) is 17.4 Å². The monoisotopic (exact) mass is 500 g/mol. The van der Waals surface area contributed by atoms with Gasteiger partial charge in [-0.15, -0.1) is 0 Å². The van der Waals surface area contributed by atoms with E-state index in [9.17, 15) is 14.4 Å². The average Bonchev–Trinajstić information content (AvgIpc) is 3.24. The van der Waals surface area contributed by atoms with Crippen LogP contribution in [0.4, 0.5) is 15.9 Å². The van der Waals surface area contributed by atoms with E-state index in [1.165, 1.54) is 0 Å². The van der Waals surface area contributed by atoms with Gasteiger partial charge in [0.15, 0.2) is 17.4 Å². The van der Waals surface area contributed by atoms with E-state index in [0.717, 1.165) is 12.8 Å². The zero-order valence-corrected chi connectivity index (χ0v) is 20.3. The molecule has 36 heavy (non-hydrogen) atoms. The van der Waals surface area contributed by atoms with Crippen molar-refractivity contribution in [2.45, 2.75) is 57.8 Å². The first kappa shape index (κ1) is 23.4. The Morgan fingerprint density at radius 3 is 2.78 bits per heavy atom. The molecule has 0 radical (unpaired) electrons. The van der Waals surface area contributed by atoms with Gasteiger partial charge in [0.25, 0.3) is 0 Å². The molecule has 11 heteroatoms. The number of carbonyl (C=O) groups is 3. The van der Waals surface area contributed by atoms with Crippen molar-refractivity contribution < 1.29 is 32.8 Å². The Kier molecular flexibility index (Phi) is 5.52. The second kappa shape index (κ2) is 8.52. The lowest BCUT2D eigenvalue weighted by Crippen LogP contribution is -2.72. The summed E-state index contributed by atoms with van der Waals surface area (Å²) in [5, 5.41) is 10.2. The molecule has 4 atom stereocenters. The SMILES string of the molecule is C[C@@H]1CN2c3c(cc4c(NCC5CCOCC5)noc4c3F)CC3(C(=O)CC(=O)NC3=O)[C@H]2[C@H](C)O1. The number of anilines is 2. The second-order valence-electron chi connectivity index (χ2n) is 10.4. The Hall–Kier alpha value is -3.05. The third kappa shape index (κ3) is 3.43. The number of imide groups is 1. The number of aromatic nitrogens is 1. The van der Waals surface area contributed by atoms with Crippen molar-refractivity contribution in [3.8, 4) is 0 Å². The summed E-state index contributed by atoms with van der Waals surface area (Å²) in [7, 11) is 0. The maximum Gasteiger partial charge on any atom is 0.242 e. The zero-order valence-electron chi connectivity index (χ0n) is 20.3. The summed E-state index contributed by atoms with van der Waals surface area (Å²) in [4.78, 5) is 40.5. The molecule has 0 bridgehead atoms. The van der Waals surface area contributed by atoms with Crippen LogP contribution in [0.15, 0.2) is 10.6 Å². The van der Waals surface area contributed by atoms with Gasteiger partial charge in [-0.05, 0) is 50.7 Å². The first-order valence-corrected chi connectivity index (χ1v) is 12.5. The number of carbonyl (C=O) groups excluding carboxylic acids is 3. The summed E-state index contributed by atoms with van der Waals surface area (Å²) in [6.45, 7) is 6.00. The molecule has 0 saturated carbocycles. The number of piperidine rings is 1. The van der Waals surface area contributed by atoms with Crippen LogP contribution in [0.2, 0.25) is 0 Å². The predicted octanol–water partition coefficient (Wildman–Crippen LogP) is 1.95. The maximum atomic E-state index is 16.1. The maximum absolute atomic E-state index is 16.1. The summed E-state index contributed by atoms with van der Waals surface area (Å²) in [5.74, 6) is -1.48. The Morgan fingerprint density at radius 1 is 1.25 bits per heavy atom. The molecular weight excluding hydrogens is 471 g/mol. The number of halogens is 1. The molecule has 4 aliphatic rings. The third-order valence-electron chi connectivity index (χ3n) is 8.08. The van der Waals surface area contributed by atoms with Crippen molar-refractivity contribution in [1.82, 2.24) is 10.5 Å². The zero-order chi connectivity index (χ0) is 25.2. The van der Waals surface area contributed by atoms with Crippen LogP contribution in [0.25, 0.3) is 11.0 Å². The highest BCUT2D eigenvalue weighted by Gasteiger charge is 2.62. The van der Waals surface area contributed by atoms with Gasteiger partial charge in [0.05, 0.1) is 35.7 Å². The number of nitrogens with one attached hydrogen (secondary N) is 2. The number of rotatable bonds is 3. The van der Waals surface area contributed by atoms with Crippen molar-refractivity contribution in [2.75, 3.05) is 36.5 Å². The number of Topliss-reactive ketones (excluding diaryl/α,β-unsaturated/α-hetero) is 1. The Balaban J connectivity index is 1.45. The first-order chi connectivity index (χ1) is 17.3. The summed E-state index contributed by atoms with van der Waals surface area (Å²) in [6, 6.07) is 0.999. The molecule has 2 N–H and O–H groups in total. The Morgan fingerprint density at radius 2 is 2.03 bits per heavy atom. The number of nitrogens with zero attached hydrogens (tertiary/aromatic N) is 2. The van der Waals surface area contributed by atoms with Gasteiger partial charge in [0, 0.05) is 26.3 Å². The lowest BCUT2D eigenvalue weighted by molar-refractivity contribution is -0.158. The van der Waals surface area contributed by atoms with Crippen LogP contribution in [0.5, 0.6) is 0 Å². The van der Waals surface area contributed by atoms with Gasteiger partial charge < -0.3 is 24.2 Å². The molecule has 2 amide bonds. The molecule has 4 aliphatic heterocycles. The number of hydrogen-bond acceptors (Lipinski definition) is 9. The van der Waals surface area contributed by atoms with Gasteiger partial charge in [-0.2, -0.15) is 0 Å². The Labute approximate surface area is 206 Å². The Bertz CT molecular complexity index is 1230. The van der Waals surface area contributed by atoms with Crippen molar-refractivity contribution in [2.24, 2.45) is 11.3 Å². The quantitative estimate of drug-likeness (QED) is 0.481. The molecule has 6 rings (SSSR count). The molecule has 1 aromatic carbocycles. The van der Waals surface area contributed by atoms with E-state index < -0.39 is 47.4 Å². The minimum Gasteiger partial charge on any atom is -0.381 e. The number of hydrogen-bond donors (Lipinski definition) is 2. The van der Waals surface area contributed by atoms with Crippen LogP contribution in [0.3, 0.4) is 0 Å². The van der Waals surface area contributed by atoms with E-state index >= 15 is 4.39 Å². The summed E-state index contributed by atoms with van der Waals surface area (Å²) < 4.78 is 33.0. The smallest absolute Gasteiger partial charge is 0.242 e. The second-order valence-corrected chi connectivity index (χ2v) is 10.4. The van der Waals surface area contributed by atoms with E-state index in [4.69, 9.17) is 14.0 Å². The fraction of sp³-hybridized carbons (Fsp3) is 0.600. The fourth-order valence-corrected chi connectivity index (χ4v) is 6.47. The fourth-order valence-electron chi connectivity index (χ4n) is 6.47. The summed E-state index contributed by atoms with van der Waals surface area (Å²) in [5.41, 5.74) is -0.732. The van der Waals surface area contributed by atoms with E-state index in [1.54, 1.807) is 17.9 Å². The van der Waals surface area contributed by atoms with Gasteiger partial charge in [-0.3, -0.25) is 19.7 Å². The number of morpholine rings is 1. The molecule has 1 aromatic heterocycles. The van der Waals surface area contributed by atoms with Gasteiger partial charge in [0.2, 0.25) is 17.4 Å². The number of fused-ring (bicyclic) bond motifs is 5. The highest BCUT2D eigenvalue weighted by atomic mass is 19.1. The predicted molar refractivity (Wildman–Crippen MR) is 126 cm³/mol. The van der Waals surface area contributed by atoms with Gasteiger partial charge >= 0.3 is 0 Å². The summed E-state index contributed by atoms with van der Waals surface area (Å²) >= 11 is 0. The number of amides is 2. The van der Waals surface area contributed by atoms with Gasteiger partial charge in [0.1, 0.15) is 5.41 Å². The number of benzene rings is 1. The molecule has 5 heterocycles. The molecule has 10 nitrogen and oxygen atoms in total. The van der Waals surface area contributed by atoms with Crippen LogP contribution < -0.4 is 15.5 Å². The number of ether oxygens (including phenoxy) is 2. The minimum atomic E-state index is -1.56. The van der Waals surface area contributed by atoms with E-state index in [2.05, 4.69) is 15.8 Å². The average molecular weight is 501 g/mol. The lowest BCUT2D eigenvalue weighted by Gasteiger charge is -2.55. The standard InChI is InChI=1S/C25H29FN4O6/c1-12-11-30-20-15(9-25(22(30)13(2)35-12)17(31)8-18(32)28-24(25)33)7-16-21(19(20)26)36-29-23(16)27-10-14-3-5-34-6-4-14/h7,12-14,22H,3-6,8-11H2,1-2H3,(H,27,29)(H,28,32,33)/t12-,13+,22-,25?/m1/s1. The first-order valence-electron chi connectivity index (χ1n) is 12.5. The molecule has 3 fully saturated rings. The van der Waals surface area contributed by atoms with Crippen LogP contribution in [-0.2, 0) is 30.3 Å². The van der Waals surface area contributed by atoms with Crippen molar-refractivity contribution in [3.63, 3.8) is 0 Å². The largest absolute Gasteiger partial charge is 0.381 e. The summed E-state index contributed by atoms with van der Waals surface area (Å²) in [6.07, 6.45) is 0.611. The topological polar surface area (TPSA) is 123 Å².